The molecule has 1 atom stereocenters. The van der Waals surface area contributed by atoms with Gasteiger partial charge in [0, 0.05) is 19.2 Å². The first-order valence-corrected chi connectivity index (χ1v) is 8.38. The topological polar surface area (TPSA) is 73.6 Å². The summed E-state index contributed by atoms with van der Waals surface area (Å²) in [5.41, 5.74) is 9.08. The Balaban J connectivity index is 0.00000338. The fourth-order valence-electron chi connectivity index (χ4n) is 2.45. The molecule has 0 saturated heterocycles. The summed E-state index contributed by atoms with van der Waals surface area (Å²) in [6.07, 6.45) is 0.512. The first-order valence-electron chi connectivity index (χ1n) is 8.38. The zero-order valence-corrected chi connectivity index (χ0v) is 16.1. The maximum absolute atomic E-state index is 12.3. The van der Waals surface area contributed by atoms with E-state index < -0.39 is 6.04 Å². The molecule has 0 spiro atoms. The first kappa shape index (κ1) is 22.0. The van der Waals surface area contributed by atoms with E-state index in [-0.39, 0.29) is 18.3 Å². The summed E-state index contributed by atoms with van der Waals surface area (Å²) in [5, 5.41) is 2.89. The van der Waals surface area contributed by atoms with Gasteiger partial charge in [0.2, 0.25) is 5.91 Å². The van der Waals surface area contributed by atoms with Crippen LogP contribution in [0.5, 0.6) is 5.75 Å². The average molecular weight is 379 g/mol. The number of halogens is 1. The van der Waals surface area contributed by atoms with E-state index in [1.807, 2.05) is 55.5 Å². The zero-order chi connectivity index (χ0) is 18.1. The van der Waals surface area contributed by atoms with Gasteiger partial charge < -0.3 is 20.5 Å². The van der Waals surface area contributed by atoms with Crippen molar-refractivity contribution in [1.29, 1.82) is 0 Å². The lowest BCUT2D eigenvalue weighted by molar-refractivity contribution is -0.122. The fourth-order valence-corrected chi connectivity index (χ4v) is 2.45. The van der Waals surface area contributed by atoms with Crippen LogP contribution in [0.3, 0.4) is 0 Å². The van der Waals surface area contributed by atoms with Gasteiger partial charge in [-0.2, -0.15) is 0 Å². The number of nitrogens with two attached hydrogens (primary N) is 1. The first-order chi connectivity index (χ1) is 12.1. The molecule has 3 N–H and O–H groups in total. The minimum absolute atomic E-state index is 0. The van der Waals surface area contributed by atoms with Crippen molar-refractivity contribution >= 4 is 18.3 Å². The van der Waals surface area contributed by atoms with Crippen molar-refractivity contribution in [2.75, 3.05) is 20.3 Å². The number of hydrogen-bond acceptors (Lipinski definition) is 4. The summed E-state index contributed by atoms with van der Waals surface area (Å²) in [6, 6.07) is 15.1. The van der Waals surface area contributed by atoms with Gasteiger partial charge >= 0.3 is 0 Å². The highest BCUT2D eigenvalue weighted by Crippen LogP contribution is 2.20. The van der Waals surface area contributed by atoms with Crippen LogP contribution in [-0.4, -0.2) is 32.3 Å². The molecule has 2 aromatic rings. The number of nitrogens with one attached hydrogen (secondary N) is 1. The van der Waals surface area contributed by atoms with Gasteiger partial charge in [-0.1, -0.05) is 42.5 Å². The van der Waals surface area contributed by atoms with Gasteiger partial charge in [0.25, 0.3) is 0 Å². The summed E-state index contributed by atoms with van der Waals surface area (Å²) < 4.78 is 10.7. The molecule has 5 nitrogen and oxygen atoms in total. The van der Waals surface area contributed by atoms with Gasteiger partial charge in [-0.15, -0.1) is 12.4 Å². The molecule has 0 radical (unpaired) electrons. The van der Waals surface area contributed by atoms with Crippen molar-refractivity contribution in [3.8, 4) is 5.75 Å². The van der Waals surface area contributed by atoms with Crippen molar-refractivity contribution in [3.63, 3.8) is 0 Å². The summed E-state index contributed by atoms with van der Waals surface area (Å²) in [7, 11) is 1.63. The van der Waals surface area contributed by atoms with Crippen molar-refractivity contribution < 1.29 is 14.3 Å². The van der Waals surface area contributed by atoms with Crippen LogP contribution in [0.4, 0.5) is 0 Å². The SMILES string of the molecule is COCCOc1cc(C)ccc1CNC(=O)[C@@H](N)Cc1ccccc1.Cl. The third kappa shape index (κ3) is 7.04. The quantitative estimate of drug-likeness (QED) is 0.658. The number of methoxy groups -OCH3 is 1. The van der Waals surface area contributed by atoms with Crippen molar-refractivity contribution in [3.05, 3.63) is 65.2 Å². The second kappa shape index (κ2) is 11.5. The van der Waals surface area contributed by atoms with Crippen LogP contribution < -0.4 is 15.8 Å². The molecule has 2 aromatic carbocycles. The van der Waals surface area contributed by atoms with Gasteiger partial charge in [0.1, 0.15) is 12.4 Å². The van der Waals surface area contributed by atoms with Crippen LogP contribution in [0.2, 0.25) is 0 Å². The van der Waals surface area contributed by atoms with Crippen LogP contribution >= 0.6 is 12.4 Å². The van der Waals surface area contributed by atoms with Gasteiger partial charge in [-0.25, -0.2) is 0 Å². The molecule has 6 heteroatoms. The molecule has 142 valence electrons. The van der Waals surface area contributed by atoms with Gasteiger partial charge in [0.05, 0.1) is 12.6 Å². The van der Waals surface area contributed by atoms with Gasteiger partial charge in [0.15, 0.2) is 0 Å². The van der Waals surface area contributed by atoms with Crippen LogP contribution in [0.15, 0.2) is 48.5 Å². The molecule has 0 heterocycles. The molecule has 0 saturated carbocycles. The van der Waals surface area contributed by atoms with Crippen LogP contribution in [0, 0.1) is 6.92 Å². The van der Waals surface area contributed by atoms with E-state index in [0.717, 1.165) is 22.4 Å². The number of carbonyl (C=O) groups is 1. The summed E-state index contributed by atoms with van der Waals surface area (Å²) in [5.74, 6) is 0.584. The number of carbonyl (C=O) groups excluding carboxylic acids is 1. The lowest BCUT2D eigenvalue weighted by Crippen LogP contribution is -2.41. The maximum Gasteiger partial charge on any atom is 0.237 e. The highest BCUT2D eigenvalue weighted by Gasteiger charge is 2.14. The minimum Gasteiger partial charge on any atom is -0.491 e. The predicted octanol–water partition coefficient (Wildman–Crippen LogP) is 2.63. The van der Waals surface area contributed by atoms with Crippen LogP contribution in [0.25, 0.3) is 0 Å². The average Bonchev–Trinajstić information content (AvgIpc) is 2.62. The Labute approximate surface area is 161 Å². The summed E-state index contributed by atoms with van der Waals surface area (Å²) in [4.78, 5) is 12.3. The van der Waals surface area contributed by atoms with Crippen LogP contribution in [-0.2, 0) is 22.5 Å². The van der Waals surface area contributed by atoms with Crippen molar-refractivity contribution in [2.24, 2.45) is 5.73 Å². The normalized spacial score (nSPS) is 11.3. The number of rotatable bonds is 9. The maximum atomic E-state index is 12.3. The predicted molar refractivity (Wildman–Crippen MR) is 106 cm³/mol. The largest absolute Gasteiger partial charge is 0.491 e. The Kier molecular flexibility index (Phi) is 9.73. The molecular weight excluding hydrogens is 352 g/mol. The number of ether oxygens (including phenoxy) is 2. The Hall–Kier alpha value is -2.08. The number of aryl methyl sites for hydroxylation is 1. The fraction of sp³-hybridized carbons (Fsp3) is 0.350. The molecule has 0 unspecified atom stereocenters. The minimum atomic E-state index is -0.578. The van der Waals surface area contributed by atoms with E-state index in [1.54, 1.807) is 7.11 Å². The molecule has 2 rings (SSSR count). The van der Waals surface area contributed by atoms with E-state index >= 15 is 0 Å². The van der Waals surface area contributed by atoms with E-state index in [9.17, 15) is 4.79 Å². The Morgan fingerprint density at radius 2 is 1.88 bits per heavy atom. The second-order valence-electron chi connectivity index (χ2n) is 5.97. The van der Waals surface area contributed by atoms with E-state index in [4.69, 9.17) is 15.2 Å². The van der Waals surface area contributed by atoms with Crippen molar-refractivity contribution in [2.45, 2.75) is 25.9 Å². The van der Waals surface area contributed by atoms with Gasteiger partial charge in [-0.3, -0.25) is 4.79 Å². The standard InChI is InChI=1S/C20H26N2O3.ClH/c1-15-8-9-17(19(12-15)25-11-10-24-2)14-22-20(23)18(21)13-16-6-4-3-5-7-16;/h3-9,12,18H,10-11,13-14,21H2,1-2H3,(H,22,23);1H/t18-;/m0./s1. The van der Waals surface area contributed by atoms with E-state index in [2.05, 4.69) is 5.32 Å². The molecule has 0 aliphatic carbocycles. The smallest absolute Gasteiger partial charge is 0.237 e. The highest BCUT2D eigenvalue weighted by atomic mass is 35.5. The zero-order valence-electron chi connectivity index (χ0n) is 15.2. The number of benzene rings is 2. The second-order valence-corrected chi connectivity index (χ2v) is 5.97. The van der Waals surface area contributed by atoms with Crippen molar-refractivity contribution in [1.82, 2.24) is 5.32 Å². The molecule has 0 fully saturated rings. The molecule has 0 aromatic heterocycles. The molecular formula is C20H27ClN2O3. The Morgan fingerprint density at radius 1 is 1.15 bits per heavy atom. The Bertz CT molecular complexity index is 680. The molecule has 1 amide bonds. The third-order valence-electron chi connectivity index (χ3n) is 3.86. The van der Waals surface area contributed by atoms with Crippen LogP contribution in [0.1, 0.15) is 16.7 Å². The highest BCUT2D eigenvalue weighted by molar-refractivity contribution is 5.85. The summed E-state index contributed by atoms with van der Waals surface area (Å²) >= 11 is 0. The number of hydrogen-bond donors (Lipinski definition) is 2. The molecule has 0 aliphatic heterocycles. The van der Waals surface area contributed by atoms with Gasteiger partial charge in [-0.05, 0) is 30.5 Å². The lowest BCUT2D eigenvalue weighted by Gasteiger charge is -2.15. The lowest BCUT2D eigenvalue weighted by atomic mass is 10.1. The monoisotopic (exact) mass is 378 g/mol. The Morgan fingerprint density at radius 3 is 2.58 bits per heavy atom. The van der Waals surface area contributed by atoms with E-state index in [0.29, 0.717) is 26.2 Å². The molecule has 26 heavy (non-hydrogen) atoms. The molecule has 0 aliphatic rings. The van der Waals surface area contributed by atoms with E-state index in [1.165, 1.54) is 0 Å². The number of amides is 1. The summed E-state index contributed by atoms with van der Waals surface area (Å²) in [6.45, 7) is 3.36. The third-order valence-corrected chi connectivity index (χ3v) is 3.86. The molecule has 0 bridgehead atoms.